The summed E-state index contributed by atoms with van der Waals surface area (Å²) in [5, 5.41) is 3.21. The molecule has 1 aromatic heterocycles. The number of amides is 1. The van der Waals surface area contributed by atoms with Gasteiger partial charge in [-0.05, 0) is 65.0 Å². The van der Waals surface area contributed by atoms with Crippen LogP contribution in [0.2, 0.25) is 0 Å². The molecule has 0 radical (unpaired) electrons. The number of aromatic nitrogens is 2. The fraction of sp³-hybridized carbons (Fsp3) is 0.450. The van der Waals surface area contributed by atoms with E-state index in [4.69, 9.17) is 0 Å². The van der Waals surface area contributed by atoms with Crippen LogP contribution in [-0.2, 0) is 0 Å². The molecule has 0 saturated heterocycles. The second kappa shape index (κ2) is 9.17. The van der Waals surface area contributed by atoms with E-state index in [2.05, 4.69) is 46.2 Å². The van der Waals surface area contributed by atoms with Gasteiger partial charge in [-0.25, -0.2) is 9.97 Å². The molecule has 0 saturated carbocycles. The third-order valence-corrected chi connectivity index (χ3v) is 4.38. The predicted octanol–water partition coefficient (Wildman–Crippen LogP) is 3.86. The van der Waals surface area contributed by atoms with Gasteiger partial charge >= 0.3 is 0 Å². The third-order valence-electron chi connectivity index (χ3n) is 4.38. The smallest absolute Gasteiger partial charge is 0.272 e. The SMILES string of the molecule is CCN(CC)C(=O)c1cc(C)nc(Nc2ccc(N(CC)CC)cc2)n1. The minimum absolute atomic E-state index is 0.0690. The van der Waals surface area contributed by atoms with Crippen molar-refractivity contribution in [3.8, 4) is 0 Å². The number of carbonyl (C=O) groups excluding carboxylic acids is 1. The molecule has 1 aromatic carbocycles. The van der Waals surface area contributed by atoms with Gasteiger partial charge in [0.2, 0.25) is 5.95 Å². The van der Waals surface area contributed by atoms with Gasteiger partial charge in [0.15, 0.2) is 0 Å². The maximum Gasteiger partial charge on any atom is 0.272 e. The zero-order valence-electron chi connectivity index (χ0n) is 16.4. The Bertz CT molecular complexity index is 721. The zero-order valence-corrected chi connectivity index (χ0v) is 16.4. The Kier molecular flexibility index (Phi) is 6.95. The van der Waals surface area contributed by atoms with Crippen molar-refractivity contribution in [2.24, 2.45) is 0 Å². The molecular formula is C20H29N5O. The van der Waals surface area contributed by atoms with Gasteiger partial charge in [0, 0.05) is 43.2 Å². The Labute approximate surface area is 156 Å². The van der Waals surface area contributed by atoms with Gasteiger partial charge in [-0.1, -0.05) is 0 Å². The Morgan fingerprint density at radius 2 is 1.58 bits per heavy atom. The summed E-state index contributed by atoms with van der Waals surface area (Å²) >= 11 is 0. The molecular weight excluding hydrogens is 326 g/mol. The first-order chi connectivity index (χ1) is 12.5. The van der Waals surface area contributed by atoms with Crippen LogP contribution in [0.3, 0.4) is 0 Å². The standard InChI is InChI=1S/C20H29N5O/c1-6-24(7-2)17-12-10-16(11-13-17)22-20-21-15(5)14-18(23-20)19(26)25(8-3)9-4/h10-14H,6-9H2,1-5H3,(H,21,22,23). The van der Waals surface area contributed by atoms with Crippen LogP contribution in [0, 0.1) is 6.92 Å². The second-order valence-corrected chi connectivity index (χ2v) is 6.04. The molecule has 140 valence electrons. The van der Waals surface area contributed by atoms with Gasteiger partial charge < -0.3 is 15.1 Å². The van der Waals surface area contributed by atoms with Gasteiger partial charge in [-0.2, -0.15) is 0 Å². The van der Waals surface area contributed by atoms with Crippen LogP contribution in [0.1, 0.15) is 43.9 Å². The number of carbonyl (C=O) groups is 1. The largest absolute Gasteiger partial charge is 0.372 e. The van der Waals surface area contributed by atoms with Crippen molar-refractivity contribution in [3.05, 3.63) is 41.7 Å². The molecule has 2 aromatic rings. The van der Waals surface area contributed by atoms with E-state index in [9.17, 15) is 4.79 Å². The third kappa shape index (κ3) is 4.71. The van der Waals surface area contributed by atoms with Gasteiger partial charge in [0.05, 0.1) is 0 Å². The molecule has 0 aliphatic carbocycles. The lowest BCUT2D eigenvalue weighted by atomic mass is 10.2. The van der Waals surface area contributed by atoms with Crippen molar-refractivity contribution in [1.29, 1.82) is 0 Å². The molecule has 26 heavy (non-hydrogen) atoms. The van der Waals surface area contributed by atoms with Gasteiger partial charge in [-0.15, -0.1) is 0 Å². The quantitative estimate of drug-likeness (QED) is 0.779. The summed E-state index contributed by atoms with van der Waals surface area (Å²) in [7, 11) is 0. The number of nitrogens with one attached hydrogen (secondary N) is 1. The van der Waals surface area contributed by atoms with E-state index in [0.717, 1.165) is 24.5 Å². The molecule has 6 nitrogen and oxygen atoms in total. The molecule has 2 rings (SSSR count). The van der Waals surface area contributed by atoms with Crippen molar-refractivity contribution in [3.63, 3.8) is 0 Å². The molecule has 1 amide bonds. The summed E-state index contributed by atoms with van der Waals surface area (Å²) in [5.74, 6) is 0.372. The van der Waals surface area contributed by atoms with Gasteiger partial charge in [-0.3, -0.25) is 4.79 Å². The molecule has 0 spiro atoms. The highest BCUT2D eigenvalue weighted by molar-refractivity contribution is 5.92. The summed E-state index contributed by atoms with van der Waals surface area (Å²) < 4.78 is 0. The van der Waals surface area contributed by atoms with Crippen LogP contribution in [-0.4, -0.2) is 47.0 Å². The number of hydrogen-bond acceptors (Lipinski definition) is 5. The van der Waals surface area contributed by atoms with E-state index in [1.165, 1.54) is 5.69 Å². The minimum atomic E-state index is -0.0690. The number of anilines is 3. The monoisotopic (exact) mass is 355 g/mol. The topological polar surface area (TPSA) is 61.4 Å². The van der Waals surface area contributed by atoms with E-state index < -0.39 is 0 Å². The molecule has 0 aliphatic heterocycles. The first kappa shape index (κ1) is 19.7. The van der Waals surface area contributed by atoms with Crippen molar-refractivity contribution in [1.82, 2.24) is 14.9 Å². The van der Waals surface area contributed by atoms with Crippen LogP contribution >= 0.6 is 0 Å². The van der Waals surface area contributed by atoms with E-state index in [0.29, 0.717) is 24.7 Å². The summed E-state index contributed by atoms with van der Waals surface area (Å²) in [6.07, 6.45) is 0. The van der Waals surface area contributed by atoms with Gasteiger partial charge in [0.1, 0.15) is 5.69 Å². The second-order valence-electron chi connectivity index (χ2n) is 6.04. The lowest BCUT2D eigenvalue weighted by molar-refractivity contribution is 0.0767. The van der Waals surface area contributed by atoms with Crippen molar-refractivity contribution < 1.29 is 4.79 Å². The normalized spacial score (nSPS) is 10.5. The maximum absolute atomic E-state index is 12.6. The average Bonchev–Trinajstić information content (AvgIpc) is 2.64. The van der Waals surface area contributed by atoms with E-state index in [1.807, 2.05) is 32.9 Å². The molecule has 0 unspecified atom stereocenters. The molecule has 6 heteroatoms. The number of aryl methyl sites for hydroxylation is 1. The Hall–Kier alpha value is -2.63. The predicted molar refractivity (Wildman–Crippen MR) is 107 cm³/mol. The lowest BCUT2D eigenvalue weighted by Crippen LogP contribution is -2.31. The van der Waals surface area contributed by atoms with Crippen LogP contribution in [0.4, 0.5) is 17.3 Å². The fourth-order valence-electron chi connectivity index (χ4n) is 2.88. The van der Waals surface area contributed by atoms with Crippen LogP contribution in [0.15, 0.2) is 30.3 Å². The highest BCUT2D eigenvalue weighted by Gasteiger charge is 2.16. The number of benzene rings is 1. The summed E-state index contributed by atoms with van der Waals surface area (Å²) in [6.45, 7) is 13.4. The van der Waals surface area contributed by atoms with Crippen LogP contribution in [0.25, 0.3) is 0 Å². The summed E-state index contributed by atoms with van der Waals surface area (Å²) in [4.78, 5) is 25.4. The maximum atomic E-state index is 12.6. The number of rotatable bonds is 8. The molecule has 1 N–H and O–H groups in total. The van der Waals surface area contributed by atoms with Crippen LogP contribution < -0.4 is 10.2 Å². The van der Waals surface area contributed by atoms with Crippen molar-refractivity contribution in [2.45, 2.75) is 34.6 Å². The molecule has 0 fully saturated rings. The number of nitrogens with zero attached hydrogens (tertiary/aromatic N) is 4. The van der Waals surface area contributed by atoms with E-state index in [-0.39, 0.29) is 5.91 Å². The van der Waals surface area contributed by atoms with Crippen molar-refractivity contribution in [2.75, 3.05) is 36.4 Å². The minimum Gasteiger partial charge on any atom is -0.372 e. The zero-order chi connectivity index (χ0) is 19.1. The lowest BCUT2D eigenvalue weighted by Gasteiger charge is -2.21. The van der Waals surface area contributed by atoms with E-state index >= 15 is 0 Å². The summed E-state index contributed by atoms with van der Waals surface area (Å²) in [5.41, 5.74) is 3.26. The van der Waals surface area contributed by atoms with Gasteiger partial charge in [0.25, 0.3) is 5.91 Å². The highest BCUT2D eigenvalue weighted by Crippen LogP contribution is 2.20. The van der Waals surface area contributed by atoms with Crippen LogP contribution in [0.5, 0.6) is 0 Å². The first-order valence-corrected chi connectivity index (χ1v) is 9.29. The fourth-order valence-corrected chi connectivity index (χ4v) is 2.88. The number of hydrogen-bond donors (Lipinski definition) is 1. The Morgan fingerprint density at radius 1 is 0.962 bits per heavy atom. The van der Waals surface area contributed by atoms with Crippen molar-refractivity contribution >= 4 is 23.2 Å². The molecule has 1 heterocycles. The Balaban J connectivity index is 2.20. The average molecular weight is 355 g/mol. The Morgan fingerprint density at radius 3 is 2.12 bits per heavy atom. The molecule has 0 atom stereocenters. The van der Waals surface area contributed by atoms with E-state index in [1.54, 1.807) is 11.0 Å². The molecule has 0 bridgehead atoms. The molecule has 0 aliphatic rings. The highest BCUT2D eigenvalue weighted by atomic mass is 16.2. The first-order valence-electron chi connectivity index (χ1n) is 9.29. The summed E-state index contributed by atoms with van der Waals surface area (Å²) in [6, 6.07) is 9.89.